The fourth-order valence-electron chi connectivity index (χ4n) is 1.86. The van der Waals surface area contributed by atoms with Crippen LogP contribution in [0, 0.1) is 0 Å². The quantitative estimate of drug-likeness (QED) is 0.741. The first kappa shape index (κ1) is 11.1. The first-order chi connectivity index (χ1) is 7.16. The van der Waals surface area contributed by atoms with Gasteiger partial charge in [0.1, 0.15) is 0 Å². The van der Waals surface area contributed by atoms with Crippen LogP contribution in [0.3, 0.4) is 0 Å². The molecule has 0 bridgehead atoms. The highest BCUT2D eigenvalue weighted by Gasteiger charge is 2.27. The molecule has 1 aliphatic rings. The minimum absolute atomic E-state index is 0.0116. The van der Waals surface area contributed by atoms with Gasteiger partial charge in [0, 0.05) is 33.6 Å². The second-order valence-electron chi connectivity index (χ2n) is 3.71. The van der Waals surface area contributed by atoms with Crippen LogP contribution in [-0.4, -0.2) is 22.8 Å². The second kappa shape index (κ2) is 4.64. The molecule has 0 aliphatic carbocycles. The Bertz CT molecular complexity index is 383. The van der Waals surface area contributed by atoms with Gasteiger partial charge in [-0.2, -0.15) is 0 Å². The molecule has 2 nitrogen and oxygen atoms in total. The maximum Gasteiger partial charge on any atom is 0.155 e. The van der Waals surface area contributed by atoms with Crippen molar-refractivity contribution in [3.63, 3.8) is 0 Å². The molecular weight excluding hydrogens is 277 g/mol. The van der Waals surface area contributed by atoms with E-state index in [1.807, 2.05) is 28.2 Å². The molecule has 1 aliphatic heterocycles. The normalized spacial score (nSPS) is 23.1. The molecule has 0 radical (unpaired) electrons. The van der Waals surface area contributed by atoms with Gasteiger partial charge in [0.05, 0.1) is 6.54 Å². The standard InChI is InChI=1S/C11H11BrClNO/c12-14-5-4-10(11(15)7-14)8-2-1-3-9(13)6-8/h1-3,6,10H,4-5,7H2. The molecule has 0 saturated carbocycles. The Labute approximate surface area is 103 Å². The molecule has 2 rings (SSSR count). The summed E-state index contributed by atoms with van der Waals surface area (Å²) in [7, 11) is 0. The highest BCUT2D eigenvalue weighted by molar-refractivity contribution is 9.07. The summed E-state index contributed by atoms with van der Waals surface area (Å²) in [5.74, 6) is 0.262. The molecule has 4 heteroatoms. The van der Waals surface area contributed by atoms with Gasteiger partial charge in [0.25, 0.3) is 0 Å². The first-order valence-electron chi connectivity index (χ1n) is 4.86. The smallest absolute Gasteiger partial charge is 0.155 e. The van der Waals surface area contributed by atoms with Gasteiger partial charge in [0.15, 0.2) is 5.78 Å². The molecule has 80 valence electrons. The summed E-state index contributed by atoms with van der Waals surface area (Å²) in [6, 6.07) is 7.58. The molecule has 1 fully saturated rings. The van der Waals surface area contributed by atoms with Crippen molar-refractivity contribution in [2.45, 2.75) is 12.3 Å². The van der Waals surface area contributed by atoms with E-state index in [-0.39, 0.29) is 11.7 Å². The fraction of sp³-hybridized carbons (Fsp3) is 0.364. The fourth-order valence-corrected chi connectivity index (χ4v) is 2.52. The molecule has 1 heterocycles. The van der Waals surface area contributed by atoms with Gasteiger partial charge >= 0.3 is 0 Å². The zero-order chi connectivity index (χ0) is 10.8. The number of rotatable bonds is 1. The number of carbonyl (C=O) groups is 1. The molecule has 0 amide bonds. The van der Waals surface area contributed by atoms with Crippen molar-refractivity contribution in [2.75, 3.05) is 13.1 Å². The van der Waals surface area contributed by atoms with Gasteiger partial charge < -0.3 is 0 Å². The third-order valence-corrected chi connectivity index (χ3v) is 3.47. The van der Waals surface area contributed by atoms with Crippen LogP contribution < -0.4 is 0 Å². The van der Waals surface area contributed by atoms with Crippen LogP contribution >= 0.6 is 27.7 Å². The summed E-state index contributed by atoms with van der Waals surface area (Å²) in [5, 5.41) is 0.696. The Kier molecular flexibility index (Phi) is 3.44. The Hall–Kier alpha value is -0.380. The van der Waals surface area contributed by atoms with Gasteiger partial charge in [-0.1, -0.05) is 23.7 Å². The molecule has 1 unspecified atom stereocenters. The van der Waals surface area contributed by atoms with Gasteiger partial charge in [-0.3, -0.25) is 4.79 Å². The van der Waals surface area contributed by atoms with Crippen LogP contribution in [0.4, 0.5) is 0 Å². The predicted molar refractivity (Wildman–Crippen MR) is 64.3 cm³/mol. The van der Waals surface area contributed by atoms with Crippen LogP contribution in [0.25, 0.3) is 0 Å². The van der Waals surface area contributed by atoms with Crippen molar-refractivity contribution in [3.05, 3.63) is 34.9 Å². The number of carbonyl (C=O) groups excluding carboxylic acids is 1. The molecule has 1 aromatic carbocycles. The molecule has 1 atom stereocenters. The highest BCUT2D eigenvalue weighted by atomic mass is 79.9. The number of hydrogen-bond donors (Lipinski definition) is 0. The summed E-state index contributed by atoms with van der Waals surface area (Å²) in [6.07, 6.45) is 0.852. The lowest BCUT2D eigenvalue weighted by Gasteiger charge is -2.26. The summed E-state index contributed by atoms with van der Waals surface area (Å²) < 4.78 is 1.87. The molecule has 1 saturated heterocycles. The highest BCUT2D eigenvalue weighted by Crippen LogP contribution is 2.28. The van der Waals surface area contributed by atoms with Gasteiger partial charge in [-0.25, -0.2) is 3.93 Å². The number of piperidine rings is 1. The number of ketones is 1. The summed E-state index contributed by atoms with van der Waals surface area (Å²) in [6.45, 7) is 1.36. The molecule has 15 heavy (non-hydrogen) atoms. The zero-order valence-corrected chi connectivity index (χ0v) is 10.5. The lowest BCUT2D eigenvalue weighted by atomic mass is 9.89. The van der Waals surface area contributed by atoms with E-state index < -0.39 is 0 Å². The van der Waals surface area contributed by atoms with Gasteiger partial charge in [0.2, 0.25) is 0 Å². The molecule has 0 N–H and O–H groups in total. The molecule has 0 spiro atoms. The topological polar surface area (TPSA) is 20.3 Å². The lowest BCUT2D eigenvalue weighted by molar-refractivity contribution is -0.122. The van der Waals surface area contributed by atoms with Crippen LogP contribution in [0.1, 0.15) is 17.9 Å². The van der Waals surface area contributed by atoms with Crippen molar-refractivity contribution < 1.29 is 4.79 Å². The molecule has 1 aromatic rings. The van der Waals surface area contributed by atoms with E-state index in [1.54, 1.807) is 0 Å². The average Bonchev–Trinajstić information content (AvgIpc) is 2.17. The lowest BCUT2D eigenvalue weighted by Crippen LogP contribution is -2.33. The maximum absolute atomic E-state index is 11.8. The van der Waals surface area contributed by atoms with Crippen molar-refractivity contribution >= 4 is 33.5 Å². The Balaban J connectivity index is 2.20. The monoisotopic (exact) mass is 287 g/mol. The van der Waals surface area contributed by atoms with E-state index >= 15 is 0 Å². The van der Waals surface area contributed by atoms with E-state index in [0.717, 1.165) is 18.5 Å². The van der Waals surface area contributed by atoms with E-state index in [4.69, 9.17) is 11.6 Å². The zero-order valence-electron chi connectivity index (χ0n) is 8.12. The number of Topliss-reactive ketones (excluding diaryl/α,β-unsaturated/α-hetero) is 1. The maximum atomic E-state index is 11.8. The van der Waals surface area contributed by atoms with Crippen molar-refractivity contribution in [2.24, 2.45) is 0 Å². The first-order valence-corrected chi connectivity index (χ1v) is 5.94. The summed E-state index contributed by atoms with van der Waals surface area (Å²) in [4.78, 5) is 11.8. The minimum Gasteiger partial charge on any atom is -0.298 e. The number of halogens is 2. The van der Waals surface area contributed by atoms with Crippen molar-refractivity contribution in [1.29, 1.82) is 0 Å². The van der Waals surface area contributed by atoms with Crippen LogP contribution in [-0.2, 0) is 4.79 Å². The van der Waals surface area contributed by atoms with E-state index in [0.29, 0.717) is 11.6 Å². The second-order valence-corrected chi connectivity index (χ2v) is 5.15. The molecular formula is C11H11BrClNO. The van der Waals surface area contributed by atoms with Crippen LogP contribution in [0.15, 0.2) is 24.3 Å². The third-order valence-electron chi connectivity index (χ3n) is 2.63. The summed E-state index contributed by atoms with van der Waals surface area (Å²) in [5.41, 5.74) is 1.04. The van der Waals surface area contributed by atoms with Crippen molar-refractivity contribution in [1.82, 2.24) is 3.93 Å². The number of benzene rings is 1. The molecule has 0 aromatic heterocycles. The largest absolute Gasteiger partial charge is 0.298 e. The average molecular weight is 289 g/mol. The minimum atomic E-state index is 0.0116. The van der Waals surface area contributed by atoms with E-state index in [2.05, 4.69) is 16.1 Å². The summed E-state index contributed by atoms with van der Waals surface area (Å²) >= 11 is 9.24. The Morgan fingerprint density at radius 1 is 1.47 bits per heavy atom. The van der Waals surface area contributed by atoms with Gasteiger partial charge in [-0.05, 0) is 24.1 Å². The number of hydrogen-bond acceptors (Lipinski definition) is 2. The Morgan fingerprint density at radius 3 is 2.93 bits per heavy atom. The SMILES string of the molecule is O=C1CN(Br)CCC1c1cccc(Cl)c1. The van der Waals surface area contributed by atoms with Crippen molar-refractivity contribution in [3.8, 4) is 0 Å². The Morgan fingerprint density at radius 2 is 2.27 bits per heavy atom. The third kappa shape index (κ3) is 2.60. The van der Waals surface area contributed by atoms with E-state index in [9.17, 15) is 4.79 Å². The van der Waals surface area contributed by atoms with Crippen LogP contribution in [0.2, 0.25) is 5.02 Å². The van der Waals surface area contributed by atoms with E-state index in [1.165, 1.54) is 0 Å². The predicted octanol–water partition coefficient (Wildman–Crippen LogP) is 3.01. The van der Waals surface area contributed by atoms with Crippen LogP contribution in [0.5, 0.6) is 0 Å². The van der Waals surface area contributed by atoms with Gasteiger partial charge in [-0.15, -0.1) is 0 Å². The number of nitrogens with zero attached hydrogens (tertiary/aromatic N) is 1.